The summed E-state index contributed by atoms with van der Waals surface area (Å²) >= 11 is 2.29. The molecule has 84 valence electrons. The molecule has 0 amide bonds. The van der Waals surface area contributed by atoms with Gasteiger partial charge >= 0.3 is 0 Å². The van der Waals surface area contributed by atoms with Gasteiger partial charge in [-0.2, -0.15) is 5.10 Å². The highest BCUT2D eigenvalue weighted by Crippen LogP contribution is 2.27. The van der Waals surface area contributed by atoms with Crippen LogP contribution in [0.2, 0.25) is 0 Å². The second-order valence-electron chi connectivity index (χ2n) is 4.92. The Kier molecular flexibility index (Phi) is 3.06. The maximum Gasteiger partial charge on any atom is 0.0783 e. The lowest BCUT2D eigenvalue weighted by molar-refractivity contribution is 0.590. The van der Waals surface area contributed by atoms with E-state index in [1.54, 1.807) is 0 Å². The molecule has 0 radical (unpaired) electrons. The third kappa shape index (κ3) is 2.29. The molecule has 0 atom stereocenters. The predicted octanol–water partition coefficient (Wildman–Crippen LogP) is 3.98. The van der Waals surface area contributed by atoms with E-state index in [4.69, 9.17) is 0 Å². The zero-order valence-corrected chi connectivity index (χ0v) is 11.9. The number of nitrogens with zero attached hydrogens (tertiary/aromatic N) is 1. The first-order valence-electron chi connectivity index (χ1n) is 5.28. The third-order valence-electron chi connectivity index (χ3n) is 2.63. The Labute approximate surface area is 110 Å². The highest BCUT2D eigenvalue weighted by molar-refractivity contribution is 14.1. The van der Waals surface area contributed by atoms with Crippen molar-refractivity contribution < 1.29 is 0 Å². The number of nitrogens with one attached hydrogen (secondary N) is 1. The molecule has 2 nitrogen and oxygen atoms in total. The molecule has 0 aliphatic rings. The van der Waals surface area contributed by atoms with E-state index >= 15 is 0 Å². The fourth-order valence-corrected chi connectivity index (χ4v) is 2.18. The zero-order chi connectivity index (χ0) is 11.8. The summed E-state index contributed by atoms with van der Waals surface area (Å²) < 4.78 is 1.15. The monoisotopic (exact) mass is 326 g/mol. The second kappa shape index (κ2) is 4.20. The lowest BCUT2D eigenvalue weighted by Crippen LogP contribution is -2.10. The molecule has 1 heterocycles. The molecule has 2 rings (SSSR count). The number of halogens is 1. The van der Waals surface area contributed by atoms with Crippen LogP contribution in [-0.4, -0.2) is 10.2 Å². The summed E-state index contributed by atoms with van der Waals surface area (Å²) in [5, 5.41) is 7.06. The van der Waals surface area contributed by atoms with Crippen molar-refractivity contribution in [1.82, 2.24) is 10.2 Å². The van der Waals surface area contributed by atoms with Crippen molar-refractivity contribution >= 4 is 22.6 Å². The van der Waals surface area contributed by atoms with Gasteiger partial charge in [0.2, 0.25) is 0 Å². The van der Waals surface area contributed by atoms with Crippen molar-refractivity contribution in [3.63, 3.8) is 0 Å². The molecule has 0 unspecified atom stereocenters. The van der Waals surface area contributed by atoms with E-state index in [0.29, 0.717) is 0 Å². The molecule has 0 spiro atoms. The van der Waals surface area contributed by atoms with Gasteiger partial charge in [-0.25, -0.2) is 0 Å². The van der Waals surface area contributed by atoms with Crippen LogP contribution in [0.5, 0.6) is 0 Å². The van der Waals surface area contributed by atoms with Crippen LogP contribution >= 0.6 is 22.6 Å². The minimum Gasteiger partial charge on any atom is -0.277 e. The van der Waals surface area contributed by atoms with E-state index in [9.17, 15) is 0 Å². The lowest BCUT2D eigenvalue weighted by Gasteiger charge is -2.19. The molecule has 1 aromatic carbocycles. The Hall–Kier alpha value is -0.840. The fourth-order valence-electron chi connectivity index (χ4n) is 1.61. The summed E-state index contributed by atoms with van der Waals surface area (Å²) in [4.78, 5) is 0. The standard InChI is InChI=1S/C13H15IN2/c1-13(2,3)10-6-4-9(5-7-10)12-11(14)8-15-16-12/h4-8H,1-3H3,(H,15,16). The molecule has 0 bridgehead atoms. The Morgan fingerprint density at radius 1 is 1.12 bits per heavy atom. The molecule has 1 N–H and O–H groups in total. The quantitative estimate of drug-likeness (QED) is 0.789. The number of aromatic nitrogens is 2. The molecule has 0 fully saturated rings. The number of hydrogen-bond acceptors (Lipinski definition) is 1. The molecule has 0 aliphatic carbocycles. The topological polar surface area (TPSA) is 28.7 Å². The van der Waals surface area contributed by atoms with Crippen molar-refractivity contribution in [3.05, 3.63) is 39.6 Å². The highest BCUT2D eigenvalue weighted by atomic mass is 127. The molecular weight excluding hydrogens is 311 g/mol. The van der Waals surface area contributed by atoms with Gasteiger partial charge in [0.05, 0.1) is 15.5 Å². The Balaban J connectivity index is 2.37. The number of aromatic amines is 1. The van der Waals surface area contributed by atoms with Crippen molar-refractivity contribution in [3.8, 4) is 11.3 Å². The van der Waals surface area contributed by atoms with Gasteiger partial charge in [-0.3, -0.25) is 5.10 Å². The summed E-state index contributed by atoms with van der Waals surface area (Å²) in [6.07, 6.45) is 1.84. The normalized spacial score (nSPS) is 11.8. The predicted molar refractivity (Wildman–Crippen MR) is 75.4 cm³/mol. The van der Waals surface area contributed by atoms with Gasteiger partial charge in [0.15, 0.2) is 0 Å². The van der Waals surface area contributed by atoms with Gasteiger partial charge < -0.3 is 0 Å². The number of rotatable bonds is 1. The molecule has 3 heteroatoms. The van der Waals surface area contributed by atoms with Crippen LogP contribution in [0.3, 0.4) is 0 Å². The van der Waals surface area contributed by atoms with Gasteiger partial charge in [0.1, 0.15) is 0 Å². The van der Waals surface area contributed by atoms with Crippen LogP contribution in [0.1, 0.15) is 26.3 Å². The van der Waals surface area contributed by atoms with E-state index in [1.165, 1.54) is 11.1 Å². The SMILES string of the molecule is CC(C)(C)c1ccc(-c2[nH]ncc2I)cc1. The first-order valence-corrected chi connectivity index (χ1v) is 6.36. The summed E-state index contributed by atoms with van der Waals surface area (Å²) in [5.41, 5.74) is 3.85. The minimum absolute atomic E-state index is 0.208. The maximum atomic E-state index is 4.04. The number of H-pyrrole nitrogens is 1. The van der Waals surface area contributed by atoms with Gasteiger partial charge in [0.25, 0.3) is 0 Å². The summed E-state index contributed by atoms with van der Waals surface area (Å²) in [5.74, 6) is 0. The van der Waals surface area contributed by atoms with Crippen molar-refractivity contribution in [1.29, 1.82) is 0 Å². The van der Waals surface area contributed by atoms with E-state index in [-0.39, 0.29) is 5.41 Å². The molecule has 2 aromatic rings. The summed E-state index contributed by atoms with van der Waals surface area (Å²) in [6, 6.07) is 8.67. The lowest BCUT2D eigenvalue weighted by atomic mass is 9.86. The van der Waals surface area contributed by atoms with Gasteiger partial charge in [-0.05, 0) is 33.6 Å². The van der Waals surface area contributed by atoms with Crippen LogP contribution in [0.4, 0.5) is 0 Å². The maximum absolute atomic E-state index is 4.04. The van der Waals surface area contributed by atoms with Crippen molar-refractivity contribution in [2.45, 2.75) is 26.2 Å². The largest absolute Gasteiger partial charge is 0.277 e. The minimum atomic E-state index is 0.208. The number of benzene rings is 1. The molecule has 16 heavy (non-hydrogen) atoms. The second-order valence-corrected chi connectivity index (χ2v) is 6.08. The fraction of sp³-hybridized carbons (Fsp3) is 0.308. The first kappa shape index (κ1) is 11.6. The van der Waals surface area contributed by atoms with Crippen LogP contribution in [-0.2, 0) is 5.41 Å². The Bertz CT molecular complexity index is 477. The van der Waals surface area contributed by atoms with Gasteiger partial charge in [-0.15, -0.1) is 0 Å². The Morgan fingerprint density at radius 2 is 1.75 bits per heavy atom. The van der Waals surface area contributed by atoms with Gasteiger partial charge in [-0.1, -0.05) is 45.0 Å². The highest BCUT2D eigenvalue weighted by Gasteiger charge is 2.13. The van der Waals surface area contributed by atoms with E-state index in [0.717, 1.165) is 9.26 Å². The average Bonchev–Trinajstić information content (AvgIpc) is 2.63. The van der Waals surface area contributed by atoms with Crippen LogP contribution in [0.25, 0.3) is 11.3 Å². The molecular formula is C13H15IN2. The van der Waals surface area contributed by atoms with Crippen molar-refractivity contribution in [2.24, 2.45) is 0 Å². The molecule has 1 aromatic heterocycles. The van der Waals surface area contributed by atoms with E-state index < -0.39 is 0 Å². The average molecular weight is 326 g/mol. The molecule has 0 saturated heterocycles. The number of hydrogen-bond donors (Lipinski definition) is 1. The summed E-state index contributed by atoms with van der Waals surface area (Å²) in [6.45, 7) is 6.67. The summed E-state index contributed by atoms with van der Waals surface area (Å²) in [7, 11) is 0. The Morgan fingerprint density at radius 3 is 2.19 bits per heavy atom. The first-order chi connectivity index (χ1) is 7.48. The van der Waals surface area contributed by atoms with E-state index in [1.807, 2.05) is 6.20 Å². The van der Waals surface area contributed by atoms with E-state index in [2.05, 4.69) is 77.8 Å². The van der Waals surface area contributed by atoms with Crippen LogP contribution < -0.4 is 0 Å². The van der Waals surface area contributed by atoms with Crippen LogP contribution in [0.15, 0.2) is 30.5 Å². The molecule has 0 aliphatic heterocycles. The van der Waals surface area contributed by atoms with Crippen molar-refractivity contribution in [2.75, 3.05) is 0 Å². The van der Waals surface area contributed by atoms with Crippen LogP contribution in [0, 0.1) is 3.57 Å². The third-order valence-corrected chi connectivity index (χ3v) is 3.45. The zero-order valence-electron chi connectivity index (χ0n) is 9.71. The smallest absolute Gasteiger partial charge is 0.0783 e. The molecule has 0 saturated carbocycles. The van der Waals surface area contributed by atoms with Gasteiger partial charge in [0, 0.05) is 5.56 Å².